The van der Waals surface area contributed by atoms with E-state index in [1.54, 1.807) is 44.2 Å². The lowest BCUT2D eigenvalue weighted by atomic mass is 10.0. The van der Waals surface area contributed by atoms with Gasteiger partial charge in [-0.3, -0.25) is 18.9 Å². The van der Waals surface area contributed by atoms with E-state index >= 15 is 0 Å². The number of rotatable bonds is 8. The van der Waals surface area contributed by atoms with Gasteiger partial charge in [0.1, 0.15) is 18.4 Å². The molecule has 0 aromatic heterocycles. The van der Waals surface area contributed by atoms with E-state index in [-0.39, 0.29) is 5.92 Å². The second-order valence-electron chi connectivity index (χ2n) is 4.93. The Morgan fingerprint density at radius 2 is 2.09 bits per heavy atom. The molecule has 0 aliphatic carbocycles. The van der Waals surface area contributed by atoms with Crippen LogP contribution in [-0.4, -0.2) is 32.5 Å². The number of anilines is 1. The third kappa shape index (κ3) is 5.22. The smallest absolute Gasteiger partial charge is 0.267 e. The Morgan fingerprint density at radius 3 is 2.52 bits per heavy atom. The van der Waals surface area contributed by atoms with Crippen molar-refractivity contribution >= 4 is 22.9 Å². The second kappa shape index (κ2) is 9.12. The molecule has 2 atom stereocenters. The molecule has 8 heteroatoms. The Balaban J connectivity index is 3.07. The Kier molecular flexibility index (Phi) is 7.50. The SMILES string of the molecule is C=C=CCOc1ccc(N(C(C(=O)NO)C(C)C)S(=O)O)cc1. The molecule has 126 valence electrons. The van der Waals surface area contributed by atoms with Gasteiger partial charge in [0, 0.05) is 0 Å². The molecule has 0 spiro atoms. The lowest BCUT2D eigenvalue weighted by Gasteiger charge is -2.30. The molecular weight excluding hydrogens is 320 g/mol. The predicted molar refractivity (Wildman–Crippen MR) is 87.5 cm³/mol. The van der Waals surface area contributed by atoms with E-state index in [1.807, 2.05) is 0 Å². The zero-order valence-corrected chi connectivity index (χ0v) is 13.7. The van der Waals surface area contributed by atoms with Gasteiger partial charge in [-0.1, -0.05) is 20.4 Å². The van der Waals surface area contributed by atoms with Crippen molar-refractivity contribution in [2.24, 2.45) is 5.92 Å². The fraction of sp³-hybridized carbons (Fsp3) is 0.333. The Hall–Kier alpha value is -2.12. The minimum atomic E-state index is -2.44. The maximum absolute atomic E-state index is 11.8. The highest BCUT2D eigenvalue weighted by molar-refractivity contribution is 7.80. The van der Waals surface area contributed by atoms with Crippen LogP contribution in [0, 0.1) is 5.92 Å². The van der Waals surface area contributed by atoms with E-state index in [0.717, 1.165) is 4.31 Å². The van der Waals surface area contributed by atoms with Gasteiger partial charge in [-0.05, 0) is 36.3 Å². The summed E-state index contributed by atoms with van der Waals surface area (Å²) in [5.41, 5.74) is 4.46. The van der Waals surface area contributed by atoms with Crippen molar-refractivity contribution in [3.05, 3.63) is 42.7 Å². The molecule has 0 saturated heterocycles. The van der Waals surface area contributed by atoms with Gasteiger partial charge in [-0.25, -0.2) is 9.69 Å². The van der Waals surface area contributed by atoms with Gasteiger partial charge in [-0.15, -0.1) is 5.73 Å². The molecule has 23 heavy (non-hydrogen) atoms. The van der Waals surface area contributed by atoms with Gasteiger partial charge in [0.2, 0.25) is 0 Å². The standard InChI is InChI=1S/C15H20N2O5S/c1-4-5-10-22-13-8-6-12(7-9-13)17(23(20)21)14(11(2)3)15(18)16-19/h5-9,11,14,19H,1,10H2,2-3H3,(H,16,18)(H,20,21). The van der Waals surface area contributed by atoms with Crippen LogP contribution in [0.15, 0.2) is 42.7 Å². The summed E-state index contributed by atoms with van der Waals surface area (Å²) in [5.74, 6) is -0.526. The summed E-state index contributed by atoms with van der Waals surface area (Å²) < 4.78 is 27.6. The first-order valence-electron chi connectivity index (χ1n) is 6.83. The molecule has 0 aliphatic rings. The predicted octanol–water partition coefficient (Wildman–Crippen LogP) is 1.88. The van der Waals surface area contributed by atoms with Crippen LogP contribution in [0.1, 0.15) is 13.8 Å². The van der Waals surface area contributed by atoms with E-state index in [4.69, 9.17) is 9.94 Å². The summed E-state index contributed by atoms with van der Waals surface area (Å²) in [6, 6.07) is 5.32. The van der Waals surface area contributed by atoms with Crippen LogP contribution in [-0.2, 0) is 16.1 Å². The van der Waals surface area contributed by atoms with E-state index in [9.17, 15) is 13.6 Å². The monoisotopic (exact) mass is 340 g/mol. The summed E-state index contributed by atoms with van der Waals surface area (Å²) in [7, 11) is 0. The van der Waals surface area contributed by atoms with Crippen molar-refractivity contribution in [1.29, 1.82) is 0 Å². The highest BCUT2D eigenvalue weighted by atomic mass is 32.2. The van der Waals surface area contributed by atoms with Crippen LogP contribution in [0.5, 0.6) is 5.75 Å². The highest BCUT2D eigenvalue weighted by Gasteiger charge is 2.32. The molecule has 1 aromatic carbocycles. The quantitative estimate of drug-likeness (QED) is 0.290. The minimum Gasteiger partial charge on any atom is -0.489 e. The number of ether oxygens (including phenoxy) is 1. The van der Waals surface area contributed by atoms with Gasteiger partial charge >= 0.3 is 0 Å². The van der Waals surface area contributed by atoms with Crippen molar-refractivity contribution in [2.75, 3.05) is 10.9 Å². The number of amides is 1. The Morgan fingerprint density at radius 1 is 1.48 bits per heavy atom. The molecule has 7 nitrogen and oxygen atoms in total. The van der Waals surface area contributed by atoms with E-state index in [0.29, 0.717) is 18.0 Å². The molecule has 0 saturated carbocycles. The molecule has 1 rings (SSSR count). The number of carbonyl (C=O) groups is 1. The topological polar surface area (TPSA) is 99.1 Å². The van der Waals surface area contributed by atoms with Crippen LogP contribution in [0.4, 0.5) is 5.69 Å². The van der Waals surface area contributed by atoms with Gasteiger partial charge < -0.3 is 4.74 Å². The second-order valence-corrected chi connectivity index (χ2v) is 5.79. The lowest BCUT2D eigenvalue weighted by molar-refractivity contribution is -0.131. The van der Waals surface area contributed by atoms with Gasteiger partial charge in [-0.2, -0.15) is 0 Å². The Labute approximate surface area is 137 Å². The number of benzene rings is 1. The summed E-state index contributed by atoms with van der Waals surface area (Å²) in [4.78, 5) is 11.8. The number of nitrogens with zero attached hydrogens (tertiary/aromatic N) is 1. The number of carbonyl (C=O) groups excluding carboxylic acids is 1. The maximum atomic E-state index is 11.8. The normalized spacial score (nSPS) is 12.9. The van der Waals surface area contributed by atoms with E-state index in [1.165, 1.54) is 5.48 Å². The largest absolute Gasteiger partial charge is 0.489 e. The average Bonchev–Trinajstić information content (AvgIpc) is 2.52. The number of hydrogen-bond acceptors (Lipinski definition) is 4. The first-order valence-corrected chi connectivity index (χ1v) is 7.90. The fourth-order valence-corrected chi connectivity index (χ4v) is 2.82. The molecule has 0 aliphatic heterocycles. The number of nitrogens with one attached hydrogen (secondary N) is 1. The summed E-state index contributed by atoms with van der Waals surface area (Å²) in [5, 5.41) is 8.85. The molecule has 1 aromatic rings. The first-order chi connectivity index (χ1) is 10.9. The van der Waals surface area contributed by atoms with Gasteiger partial charge in [0.25, 0.3) is 17.2 Å². The van der Waals surface area contributed by atoms with E-state index in [2.05, 4.69) is 12.3 Å². The Bertz CT molecular complexity index is 596. The summed E-state index contributed by atoms with van der Waals surface area (Å²) in [6.45, 7) is 7.14. The molecular formula is C15H20N2O5S. The molecule has 0 radical (unpaired) electrons. The molecule has 0 fully saturated rings. The highest BCUT2D eigenvalue weighted by Crippen LogP contribution is 2.25. The average molecular weight is 340 g/mol. The van der Waals surface area contributed by atoms with Gasteiger partial charge in [0.05, 0.1) is 5.69 Å². The molecule has 3 N–H and O–H groups in total. The first kappa shape index (κ1) is 18.9. The maximum Gasteiger partial charge on any atom is 0.267 e. The summed E-state index contributed by atoms with van der Waals surface area (Å²) >= 11 is -2.44. The fourth-order valence-electron chi connectivity index (χ4n) is 1.98. The van der Waals surface area contributed by atoms with Crippen LogP contribution in [0.3, 0.4) is 0 Å². The molecule has 0 heterocycles. The third-order valence-corrected chi connectivity index (χ3v) is 3.77. The van der Waals surface area contributed by atoms with Crippen molar-refractivity contribution in [2.45, 2.75) is 19.9 Å². The van der Waals surface area contributed by atoms with Crippen molar-refractivity contribution < 1.29 is 23.5 Å². The van der Waals surface area contributed by atoms with Crippen molar-refractivity contribution in [3.63, 3.8) is 0 Å². The lowest BCUT2D eigenvalue weighted by Crippen LogP contribution is -2.50. The van der Waals surface area contributed by atoms with Crippen LogP contribution >= 0.6 is 0 Å². The van der Waals surface area contributed by atoms with Crippen LogP contribution in [0.25, 0.3) is 0 Å². The zero-order valence-electron chi connectivity index (χ0n) is 12.9. The molecule has 1 amide bonds. The van der Waals surface area contributed by atoms with Gasteiger partial charge in [0.15, 0.2) is 0 Å². The van der Waals surface area contributed by atoms with Crippen LogP contribution in [0.2, 0.25) is 0 Å². The summed E-state index contributed by atoms with van der Waals surface area (Å²) in [6.07, 6.45) is 1.61. The number of hydroxylamine groups is 1. The zero-order chi connectivity index (χ0) is 17.4. The third-order valence-electron chi connectivity index (χ3n) is 3.00. The number of hydrogen-bond donors (Lipinski definition) is 3. The van der Waals surface area contributed by atoms with Crippen LogP contribution < -0.4 is 14.5 Å². The van der Waals surface area contributed by atoms with E-state index < -0.39 is 23.2 Å². The minimum absolute atomic E-state index is 0.306. The van der Waals surface area contributed by atoms with Crippen molar-refractivity contribution in [3.8, 4) is 5.75 Å². The molecule has 2 unspecified atom stereocenters. The van der Waals surface area contributed by atoms with Crippen molar-refractivity contribution in [1.82, 2.24) is 5.48 Å². The molecule has 0 bridgehead atoms.